The Balaban J connectivity index is 2.52. The SMILES string of the molecule is CCOC(=O)/C(C1=NCCC1)=C(/O)c1ccc(Cl)cc1Cl. The van der Waals surface area contributed by atoms with E-state index in [1.165, 1.54) is 6.07 Å². The second-order valence-electron chi connectivity index (χ2n) is 4.50. The highest BCUT2D eigenvalue weighted by Gasteiger charge is 2.26. The molecule has 1 aliphatic heterocycles. The monoisotopic (exact) mass is 327 g/mol. The molecule has 6 heteroatoms. The van der Waals surface area contributed by atoms with Crippen molar-refractivity contribution in [3.63, 3.8) is 0 Å². The molecular weight excluding hydrogens is 313 g/mol. The van der Waals surface area contributed by atoms with E-state index in [1.807, 2.05) is 0 Å². The second kappa shape index (κ2) is 6.96. The van der Waals surface area contributed by atoms with Crippen molar-refractivity contribution < 1.29 is 14.6 Å². The molecule has 0 atom stereocenters. The molecule has 1 aromatic rings. The lowest BCUT2D eigenvalue weighted by Gasteiger charge is -2.11. The summed E-state index contributed by atoms with van der Waals surface area (Å²) in [5, 5.41) is 11.2. The van der Waals surface area contributed by atoms with Gasteiger partial charge in [-0.15, -0.1) is 0 Å². The average Bonchev–Trinajstić information content (AvgIpc) is 2.92. The Morgan fingerprint density at radius 3 is 2.76 bits per heavy atom. The van der Waals surface area contributed by atoms with Crippen LogP contribution in [-0.4, -0.2) is 29.9 Å². The normalized spacial score (nSPS) is 15.5. The van der Waals surface area contributed by atoms with E-state index in [0.29, 0.717) is 29.3 Å². The van der Waals surface area contributed by atoms with E-state index in [4.69, 9.17) is 27.9 Å². The summed E-state index contributed by atoms with van der Waals surface area (Å²) in [6, 6.07) is 4.67. The summed E-state index contributed by atoms with van der Waals surface area (Å²) in [7, 11) is 0. The second-order valence-corrected chi connectivity index (χ2v) is 5.34. The van der Waals surface area contributed by atoms with Crippen LogP contribution in [-0.2, 0) is 9.53 Å². The number of esters is 1. The quantitative estimate of drug-likeness (QED) is 0.515. The highest BCUT2D eigenvalue weighted by atomic mass is 35.5. The zero-order valence-electron chi connectivity index (χ0n) is 11.5. The van der Waals surface area contributed by atoms with Gasteiger partial charge < -0.3 is 9.84 Å². The van der Waals surface area contributed by atoms with Gasteiger partial charge in [0.15, 0.2) is 0 Å². The zero-order valence-corrected chi connectivity index (χ0v) is 13.0. The lowest BCUT2D eigenvalue weighted by Crippen LogP contribution is -2.17. The first-order chi connectivity index (χ1) is 10.0. The summed E-state index contributed by atoms with van der Waals surface area (Å²) in [6.45, 7) is 2.56. The number of aliphatic hydroxyl groups is 1. The molecule has 0 aromatic heterocycles. The number of hydrogen-bond donors (Lipinski definition) is 1. The van der Waals surface area contributed by atoms with Gasteiger partial charge in [0.05, 0.1) is 17.3 Å². The van der Waals surface area contributed by atoms with Gasteiger partial charge in [-0.05, 0) is 38.0 Å². The van der Waals surface area contributed by atoms with Gasteiger partial charge in [0.25, 0.3) is 0 Å². The first kappa shape index (κ1) is 15.9. The van der Waals surface area contributed by atoms with Crippen LogP contribution in [0.25, 0.3) is 5.76 Å². The fourth-order valence-corrected chi connectivity index (χ4v) is 2.61. The van der Waals surface area contributed by atoms with Crippen LogP contribution in [0.15, 0.2) is 28.8 Å². The highest BCUT2D eigenvalue weighted by Crippen LogP contribution is 2.29. The number of carbonyl (C=O) groups is 1. The molecule has 0 spiro atoms. The molecular formula is C15H15Cl2NO3. The molecule has 21 heavy (non-hydrogen) atoms. The van der Waals surface area contributed by atoms with E-state index in [0.717, 1.165) is 6.42 Å². The topological polar surface area (TPSA) is 58.9 Å². The van der Waals surface area contributed by atoms with Crippen LogP contribution in [0.1, 0.15) is 25.3 Å². The lowest BCUT2D eigenvalue weighted by molar-refractivity contribution is -0.137. The molecule has 0 saturated heterocycles. The van der Waals surface area contributed by atoms with Gasteiger partial charge in [-0.3, -0.25) is 4.99 Å². The van der Waals surface area contributed by atoms with Crippen LogP contribution >= 0.6 is 23.2 Å². The van der Waals surface area contributed by atoms with Gasteiger partial charge >= 0.3 is 5.97 Å². The lowest BCUT2D eigenvalue weighted by atomic mass is 10.0. The van der Waals surface area contributed by atoms with E-state index >= 15 is 0 Å². The Labute approximate surface area is 133 Å². The Morgan fingerprint density at radius 2 is 2.19 bits per heavy atom. The third kappa shape index (κ3) is 3.57. The fourth-order valence-electron chi connectivity index (χ4n) is 2.11. The number of aliphatic imine (C=N–C) groups is 1. The molecule has 112 valence electrons. The highest BCUT2D eigenvalue weighted by molar-refractivity contribution is 6.36. The number of benzene rings is 1. The van der Waals surface area contributed by atoms with Crippen LogP contribution in [0.5, 0.6) is 0 Å². The fraction of sp³-hybridized carbons (Fsp3) is 0.333. The van der Waals surface area contributed by atoms with Gasteiger partial charge in [0, 0.05) is 17.1 Å². The van der Waals surface area contributed by atoms with Gasteiger partial charge in [0.1, 0.15) is 11.3 Å². The van der Waals surface area contributed by atoms with Crippen molar-refractivity contribution in [2.75, 3.05) is 13.2 Å². The molecule has 1 heterocycles. The minimum atomic E-state index is -0.596. The summed E-state index contributed by atoms with van der Waals surface area (Å²) in [6.07, 6.45) is 1.48. The van der Waals surface area contributed by atoms with Crippen molar-refractivity contribution in [3.05, 3.63) is 39.4 Å². The van der Waals surface area contributed by atoms with Crippen LogP contribution in [0.3, 0.4) is 0 Å². The maximum Gasteiger partial charge on any atom is 0.343 e. The number of halogens is 2. The minimum absolute atomic E-state index is 0.0820. The van der Waals surface area contributed by atoms with Gasteiger partial charge in [0.2, 0.25) is 0 Å². The first-order valence-electron chi connectivity index (χ1n) is 6.64. The summed E-state index contributed by atoms with van der Waals surface area (Å²) in [4.78, 5) is 16.4. The van der Waals surface area contributed by atoms with Gasteiger partial charge in [-0.2, -0.15) is 0 Å². The summed E-state index contributed by atoms with van der Waals surface area (Å²) in [5.41, 5.74) is 0.967. The van der Waals surface area contributed by atoms with E-state index < -0.39 is 5.97 Å². The van der Waals surface area contributed by atoms with Crippen LogP contribution in [0.4, 0.5) is 0 Å². The molecule has 0 aliphatic carbocycles. The molecule has 0 bridgehead atoms. The Kier molecular flexibility index (Phi) is 5.26. The Bertz CT molecular complexity index is 623. The molecule has 0 unspecified atom stereocenters. The van der Waals surface area contributed by atoms with Crippen molar-refractivity contribution in [2.24, 2.45) is 4.99 Å². The molecule has 1 aliphatic rings. The van der Waals surface area contributed by atoms with Crippen molar-refractivity contribution in [3.8, 4) is 0 Å². The third-order valence-corrected chi connectivity index (χ3v) is 3.61. The van der Waals surface area contributed by atoms with Gasteiger partial charge in [-0.25, -0.2) is 4.79 Å². The van der Waals surface area contributed by atoms with E-state index in [2.05, 4.69) is 4.99 Å². The predicted octanol–water partition coefficient (Wildman–Crippen LogP) is 4.06. The van der Waals surface area contributed by atoms with Crippen molar-refractivity contribution in [1.82, 2.24) is 0 Å². The van der Waals surface area contributed by atoms with Gasteiger partial charge in [-0.1, -0.05) is 23.2 Å². The zero-order chi connectivity index (χ0) is 15.4. The van der Waals surface area contributed by atoms with Crippen LogP contribution < -0.4 is 0 Å². The molecule has 0 amide bonds. The van der Waals surface area contributed by atoms with Crippen LogP contribution in [0, 0.1) is 0 Å². The Morgan fingerprint density at radius 1 is 1.43 bits per heavy atom. The summed E-state index contributed by atoms with van der Waals surface area (Å²) < 4.78 is 5.02. The summed E-state index contributed by atoms with van der Waals surface area (Å²) in [5.74, 6) is -0.822. The molecule has 1 aromatic carbocycles. The van der Waals surface area contributed by atoms with E-state index in [1.54, 1.807) is 19.1 Å². The molecule has 2 rings (SSSR count). The molecule has 1 N–H and O–H groups in total. The van der Waals surface area contributed by atoms with Crippen molar-refractivity contribution in [2.45, 2.75) is 19.8 Å². The molecule has 4 nitrogen and oxygen atoms in total. The average molecular weight is 328 g/mol. The van der Waals surface area contributed by atoms with E-state index in [9.17, 15) is 9.90 Å². The number of aliphatic hydroxyl groups excluding tert-OH is 1. The van der Waals surface area contributed by atoms with Crippen molar-refractivity contribution >= 4 is 40.6 Å². The third-order valence-electron chi connectivity index (χ3n) is 3.07. The van der Waals surface area contributed by atoms with Crippen LogP contribution in [0.2, 0.25) is 10.0 Å². The maximum absolute atomic E-state index is 12.1. The number of carbonyl (C=O) groups excluding carboxylic acids is 1. The largest absolute Gasteiger partial charge is 0.506 e. The predicted molar refractivity (Wildman–Crippen MR) is 84.2 cm³/mol. The van der Waals surface area contributed by atoms with Crippen molar-refractivity contribution in [1.29, 1.82) is 0 Å². The number of rotatable bonds is 4. The number of hydrogen-bond acceptors (Lipinski definition) is 4. The minimum Gasteiger partial charge on any atom is -0.506 e. The first-order valence-corrected chi connectivity index (χ1v) is 7.39. The molecule has 0 saturated carbocycles. The molecule has 0 fully saturated rings. The maximum atomic E-state index is 12.1. The number of ether oxygens (including phenoxy) is 1. The smallest absolute Gasteiger partial charge is 0.343 e. The number of nitrogens with zero attached hydrogens (tertiary/aromatic N) is 1. The van der Waals surface area contributed by atoms with E-state index in [-0.39, 0.29) is 23.0 Å². The molecule has 0 radical (unpaired) electrons. The summed E-state index contributed by atoms with van der Waals surface area (Å²) >= 11 is 11.9. The standard InChI is InChI=1S/C15H15Cl2NO3/c1-2-21-15(20)13(12-4-3-7-18-12)14(19)10-6-5-9(16)8-11(10)17/h5-6,8,19H,2-4,7H2,1H3/b14-13+. The Hall–Kier alpha value is -1.52.